The number of carboxylic acids is 1. The highest BCUT2D eigenvalue weighted by Crippen LogP contribution is 2.34. The Hall–Kier alpha value is -3.29. The molecular formula is C20H17F2N3O3. The number of aromatic amines is 1. The highest BCUT2D eigenvalue weighted by atomic mass is 19.3. The fourth-order valence-corrected chi connectivity index (χ4v) is 3.71. The summed E-state index contributed by atoms with van der Waals surface area (Å²) in [5, 5.41) is 9.59. The first-order valence-corrected chi connectivity index (χ1v) is 8.79. The molecule has 0 spiro atoms. The van der Waals surface area contributed by atoms with E-state index in [4.69, 9.17) is 0 Å². The van der Waals surface area contributed by atoms with Gasteiger partial charge in [-0.15, -0.1) is 0 Å². The molecule has 28 heavy (non-hydrogen) atoms. The molecule has 6 nitrogen and oxygen atoms in total. The van der Waals surface area contributed by atoms with Crippen LogP contribution in [0.4, 0.5) is 8.78 Å². The number of likely N-dealkylation sites (tertiary alicyclic amines) is 1. The van der Waals surface area contributed by atoms with Crippen molar-refractivity contribution in [3.05, 3.63) is 65.5 Å². The third-order valence-electron chi connectivity index (χ3n) is 5.11. The molecule has 1 amide bonds. The van der Waals surface area contributed by atoms with Crippen LogP contribution in [0.2, 0.25) is 0 Å². The predicted molar refractivity (Wildman–Crippen MR) is 97.3 cm³/mol. The molecule has 1 aromatic heterocycles. The average Bonchev–Trinajstić information content (AvgIpc) is 3.32. The van der Waals surface area contributed by atoms with Crippen LogP contribution in [0.3, 0.4) is 0 Å². The van der Waals surface area contributed by atoms with Gasteiger partial charge in [0, 0.05) is 24.6 Å². The molecule has 4 rings (SSSR count). The number of H-pyrrole nitrogens is 1. The van der Waals surface area contributed by atoms with Crippen LogP contribution in [0.15, 0.2) is 48.5 Å². The van der Waals surface area contributed by atoms with Gasteiger partial charge in [0.05, 0.1) is 17.0 Å². The van der Waals surface area contributed by atoms with Crippen molar-refractivity contribution >= 4 is 22.9 Å². The summed E-state index contributed by atoms with van der Waals surface area (Å²) in [6, 6.07) is 13.7. The zero-order chi connectivity index (χ0) is 19.8. The van der Waals surface area contributed by atoms with Gasteiger partial charge in [0.15, 0.2) is 5.82 Å². The summed E-state index contributed by atoms with van der Waals surface area (Å²) < 4.78 is 25.6. The second-order valence-corrected chi connectivity index (χ2v) is 6.83. The minimum atomic E-state index is -2.73. The van der Waals surface area contributed by atoms with Gasteiger partial charge in [-0.05, 0) is 23.8 Å². The normalized spacial score (nSPS) is 19.5. The molecule has 0 unspecified atom stereocenters. The number of aliphatic carboxylic acids is 1. The van der Waals surface area contributed by atoms with Crippen molar-refractivity contribution in [2.24, 2.45) is 5.92 Å². The minimum Gasteiger partial charge on any atom is -0.481 e. The quantitative estimate of drug-likeness (QED) is 0.720. The lowest BCUT2D eigenvalue weighted by molar-refractivity contribution is -0.141. The molecule has 1 fully saturated rings. The van der Waals surface area contributed by atoms with Gasteiger partial charge in [-0.3, -0.25) is 9.59 Å². The number of fused-ring (bicyclic) bond motifs is 1. The number of hydrogen-bond donors (Lipinski definition) is 2. The standard InChI is InChI=1S/C20H17F2N3O3/c21-17(22)18-23-15-7-6-12(8-16(15)24-18)19(26)25-9-13(14(10-25)20(27)28)11-4-2-1-3-5-11/h1-8,13-14,17H,9-10H2,(H,23,24)(H,27,28)/t13-,14+/m0/s1. The Labute approximate surface area is 158 Å². The molecule has 0 saturated carbocycles. The number of aromatic nitrogens is 2. The number of benzene rings is 2. The maximum Gasteiger partial charge on any atom is 0.308 e. The van der Waals surface area contributed by atoms with Gasteiger partial charge in [0.25, 0.3) is 12.3 Å². The first-order chi connectivity index (χ1) is 13.4. The number of nitrogens with zero attached hydrogens (tertiary/aromatic N) is 2. The van der Waals surface area contributed by atoms with Crippen LogP contribution in [-0.2, 0) is 4.79 Å². The second-order valence-electron chi connectivity index (χ2n) is 6.83. The van der Waals surface area contributed by atoms with Crippen LogP contribution in [0.1, 0.15) is 34.1 Å². The largest absolute Gasteiger partial charge is 0.481 e. The van der Waals surface area contributed by atoms with E-state index in [0.29, 0.717) is 16.6 Å². The summed E-state index contributed by atoms with van der Waals surface area (Å²) in [7, 11) is 0. The summed E-state index contributed by atoms with van der Waals surface area (Å²) in [5.41, 5.74) is 1.86. The van der Waals surface area contributed by atoms with E-state index in [1.165, 1.54) is 23.1 Å². The highest BCUT2D eigenvalue weighted by molar-refractivity contribution is 5.98. The molecular weight excluding hydrogens is 368 g/mol. The van der Waals surface area contributed by atoms with Gasteiger partial charge in [-0.1, -0.05) is 30.3 Å². The molecule has 1 saturated heterocycles. The zero-order valence-electron chi connectivity index (χ0n) is 14.7. The van der Waals surface area contributed by atoms with Gasteiger partial charge >= 0.3 is 5.97 Å². The van der Waals surface area contributed by atoms with Crippen molar-refractivity contribution in [2.45, 2.75) is 12.3 Å². The summed E-state index contributed by atoms with van der Waals surface area (Å²) in [6.07, 6.45) is -2.73. The maximum atomic E-state index is 12.9. The number of carbonyl (C=O) groups excluding carboxylic acids is 1. The van der Waals surface area contributed by atoms with Gasteiger partial charge in [0.2, 0.25) is 0 Å². The first-order valence-electron chi connectivity index (χ1n) is 8.79. The van der Waals surface area contributed by atoms with Crippen LogP contribution >= 0.6 is 0 Å². The molecule has 1 aliphatic heterocycles. The third-order valence-corrected chi connectivity index (χ3v) is 5.11. The lowest BCUT2D eigenvalue weighted by Crippen LogP contribution is -2.29. The molecule has 8 heteroatoms. The van der Waals surface area contributed by atoms with E-state index in [9.17, 15) is 23.5 Å². The summed E-state index contributed by atoms with van der Waals surface area (Å²) in [5.74, 6) is -2.73. The Morgan fingerprint density at radius 2 is 1.89 bits per heavy atom. The van der Waals surface area contributed by atoms with E-state index in [1.54, 1.807) is 0 Å². The first kappa shape index (κ1) is 18.1. The SMILES string of the molecule is O=C(O)[C@@H]1CN(C(=O)c2ccc3nc(C(F)F)[nH]c3c2)C[C@H]1c1ccccc1. The third kappa shape index (κ3) is 3.21. The number of halogens is 2. The molecule has 0 radical (unpaired) electrons. The Kier molecular flexibility index (Phi) is 4.54. The number of alkyl halides is 2. The summed E-state index contributed by atoms with van der Waals surface area (Å²) in [6.45, 7) is 0.375. The Morgan fingerprint density at radius 3 is 2.57 bits per heavy atom. The molecule has 2 heterocycles. The van der Waals surface area contributed by atoms with Gasteiger partial charge in [-0.2, -0.15) is 0 Å². The summed E-state index contributed by atoms with van der Waals surface area (Å²) in [4.78, 5) is 32.4. The number of amides is 1. The fourth-order valence-electron chi connectivity index (χ4n) is 3.71. The van der Waals surface area contributed by atoms with E-state index in [1.807, 2.05) is 30.3 Å². The lowest BCUT2D eigenvalue weighted by atomic mass is 9.89. The highest BCUT2D eigenvalue weighted by Gasteiger charge is 2.40. The van der Waals surface area contributed by atoms with Gasteiger partial charge < -0.3 is 15.0 Å². The fraction of sp³-hybridized carbons (Fsp3) is 0.250. The number of imidazole rings is 1. The second kappa shape index (κ2) is 7.03. The van der Waals surface area contributed by atoms with Crippen molar-refractivity contribution in [1.82, 2.24) is 14.9 Å². The number of nitrogens with one attached hydrogen (secondary N) is 1. The van der Waals surface area contributed by atoms with E-state index in [-0.39, 0.29) is 24.9 Å². The molecule has 2 atom stereocenters. The van der Waals surface area contributed by atoms with Crippen molar-refractivity contribution in [2.75, 3.05) is 13.1 Å². The van der Waals surface area contributed by atoms with Crippen LogP contribution < -0.4 is 0 Å². The molecule has 0 bridgehead atoms. The topological polar surface area (TPSA) is 86.3 Å². The molecule has 3 aromatic rings. The molecule has 144 valence electrons. The molecule has 2 N–H and O–H groups in total. The van der Waals surface area contributed by atoms with E-state index in [2.05, 4.69) is 9.97 Å². The van der Waals surface area contributed by atoms with Gasteiger partial charge in [0.1, 0.15) is 0 Å². The zero-order valence-corrected chi connectivity index (χ0v) is 14.7. The van der Waals surface area contributed by atoms with Crippen LogP contribution in [0, 0.1) is 5.92 Å². The smallest absolute Gasteiger partial charge is 0.308 e. The minimum absolute atomic E-state index is 0.0943. The Morgan fingerprint density at radius 1 is 1.14 bits per heavy atom. The number of carboxylic acid groups (broad SMARTS) is 1. The van der Waals surface area contributed by atoms with Crippen molar-refractivity contribution in [3.8, 4) is 0 Å². The van der Waals surface area contributed by atoms with Crippen molar-refractivity contribution in [1.29, 1.82) is 0 Å². The van der Waals surface area contributed by atoms with E-state index >= 15 is 0 Å². The van der Waals surface area contributed by atoms with Gasteiger partial charge in [-0.25, -0.2) is 13.8 Å². The lowest BCUT2D eigenvalue weighted by Gasteiger charge is -2.16. The van der Waals surface area contributed by atoms with Crippen LogP contribution in [-0.4, -0.2) is 44.9 Å². The van der Waals surface area contributed by atoms with E-state index in [0.717, 1.165) is 5.56 Å². The van der Waals surface area contributed by atoms with Crippen molar-refractivity contribution in [3.63, 3.8) is 0 Å². The maximum absolute atomic E-state index is 12.9. The molecule has 2 aromatic carbocycles. The Balaban J connectivity index is 1.61. The number of rotatable bonds is 4. The Bertz CT molecular complexity index is 1040. The van der Waals surface area contributed by atoms with Crippen LogP contribution in [0.5, 0.6) is 0 Å². The van der Waals surface area contributed by atoms with Crippen molar-refractivity contribution < 1.29 is 23.5 Å². The van der Waals surface area contributed by atoms with Crippen LogP contribution in [0.25, 0.3) is 11.0 Å². The molecule has 1 aliphatic rings. The number of hydrogen-bond acceptors (Lipinski definition) is 3. The monoisotopic (exact) mass is 385 g/mol. The summed E-state index contributed by atoms with van der Waals surface area (Å²) >= 11 is 0. The predicted octanol–water partition coefficient (Wildman–Crippen LogP) is 3.44. The molecule has 0 aliphatic carbocycles. The average molecular weight is 385 g/mol. The number of carbonyl (C=O) groups is 2. The van der Waals surface area contributed by atoms with E-state index < -0.39 is 24.1 Å².